The van der Waals surface area contributed by atoms with Crippen LogP contribution in [-0.2, 0) is 16.0 Å². The summed E-state index contributed by atoms with van der Waals surface area (Å²) >= 11 is 8.08. The van der Waals surface area contributed by atoms with E-state index < -0.39 is 24.0 Å². The van der Waals surface area contributed by atoms with Crippen LogP contribution in [0.25, 0.3) is 0 Å². The number of nitrogens with zero attached hydrogens (tertiary/aromatic N) is 1. The SMILES string of the molecule is CCc1c(SN[C@@H](CNC(=O)c2ccc(Cl)s2)C(=O)O)cccc1N1CC[C@H](O)C1=O. The summed E-state index contributed by atoms with van der Waals surface area (Å²) in [5.41, 5.74) is 1.59. The van der Waals surface area contributed by atoms with Gasteiger partial charge in [0.15, 0.2) is 0 Å². The van der Waals surface area contributed by atoms with Crippen LogP contribution < -0.4 is 14.9 Å². The maximum absolute atomic E-state index is 12.2. The van der Waals surface area contributed by atoms with E-state index in [1.165, 1.54) is 0 Å². The van der Waals surface area contributed by atoms with Gasteiger partial charge in [0.05, 0.1) is 9.21 Å². The third-order valence-corrected chi connectivity index (χ3v) is 7.04. The van der Waals surface area contributed by atoms with Gasteiger partial charge in [0, 0.05) is 30.1 Å². The Morgan fingerprint density at radius 1 is 1.35 bits per heavy atom. The molecule has 0 aliphatic carbocycles. The van der Waals surface area contributed by atoms with Crippen molar-refractivity contribution in [1.29, 1.82) is 0 Å². The molecule has 0 bridgehead atoms. The average molecular weight is 484 g/mol. The van der Waals surface area contributed by atoms with Gasteiger partial charge in [0.1, 0.15) is 12.1 Å². The molecular formula is C20H22ClN3O5S2. The van der Waals surface area contributed by atoms with Crippen molar-refractivity contribution >= 4 is 58.4 Å². The molecule has 11 heteroatoms. The predicted octanol–water partition coefficient (Wildman–Crippen LogP) is 2.54. The van der Waals surface area contributed by atoms with Crippen LogP contribution in [-0.4, -0.2) is 53.2 Å². The molecule has 1 aliphatic rings. The number of hydrogen-bond acceptors (Lipinski definition) is 7. The number of aliphatic hydroxyl groups is 1. The summed E-state index contributed by atoms with van der Waals surface area (Å²) in [4.78, 5) is 38.8. The van der Waals surface area contributed by atoms with E-state index in [2.05, 4.69) is 10.0 Å². The quantitative estimate of drug-likeness (QED) is 0.405. The molecule has 0 radical (unpaired) electrons. The molecule has 2 heterocycles. The zero-order valence-corrected chi connectivity index (χ0v) is 19.0. The van der Waals surface area contributed by atoms with E-state index in [1.54, 1.807) is 23.1 Å². The highest BCUT2D eigenvalue weighted by Gasteiger charge is 2.32. The number of carboxylic acids is 1. The normalized spacial score (nSPS) is 17.1. The van der Waals surface area contributed by atoms with Gasteiger partial charge in [0.25, 0.3) is 11.8 Å². The van der Waals surface area contributed by atoms with E-state index in [1.807, 2.05) is 19.1 Å². The fourth-order valence-corrected chi connectivity index (χ4v) is 5.13. The molecule has 1 fully saturated rings. The number of aliphatic carboxylic acids is 1. The van der Waals surface area contributed by atoms with E-state index in [0.29, 0.717) is 34.3 Å². The van der Waals surface area contributed by atoms with Crippen molar-refractivity contribution in [3.63, 3.8) is 0 Å². The molecule has 3 rings (SSSR count). The first-order valence-electron chi connectivity index (χ1n) is 9.61. The zero-order valence-electron chi connectivity index (χ0n) is 16.6. The third-order valence-electron chi connectivity index (χ3n) is 4.80. The highest BCUT2D eigenvalue weighted by Crippen LogP contribution is 2.32. The third kappa shape index (κ3) is 5.58. The summed E-state index contributed by atoms with van der Waals surface area (Å²) in [6, 6.07) is 7.59. The van der Waals surface area contributed by atoms with Gasteiger partial charge in [-0.3, -0.25) is 14.4 Å². The first-order valence-corrected chi connectivity index (χ1v) is 11.6. The summed E-state index contributed by atoms with van der Waals surface area (Å²) in [5, 5.41) is 21.9. The lowest BCUT2D eigenvalue weighted by Crippen LogP contribution is -2.43. The molecule has 166 valence electrons. The van der Waals surface area contributed by atoms with Crippen LogP contribution in [0.1, 0.15) is 28.6 Å². The smallest absolute Gasteiger partial charge is 0.323 e. The molecule has 1 aromatic heterocycles. The molecule has 8 nitrogen and oxygen atoms in total. The van der Waals surface area contributed by atoms with Crippen LogP contribution in [0.4, 0.5) is 5.69 Å². The monoisotopic (exact) mass is 483 g/mol. The van der Waals surface area contributed by atoms with Crippen molar-refractivity contribution in [2.24, 2.45) is 0 Å². The van der Waals surface area contributed by atoms with Crippen LogP contribution in [0.5, 0.6) is 0 Å². The van der Waals surface area contributed by atoms with E-state index in [0.717, 1.165) is 33.7 Å². The van der Waals surface area contributed by atoms with Gasteiger partial charge in [-0.05, 0) is 48.2 Å². The molecule has 4 N–H and O–H groups in total. The van der Waals surface area contributed by atoms with Gasteiger partial charge in [-0.15, -0.1) is 11.3 Å². The topological polar surface area (TPSA) is 119 Å². The fraction of sp³-hybridized carbons (Fsp3) is 0.350. The second-order valence-corrected chi connectivity index (χ2v) is 9.42. The van der Waals surface area contributed by atoms with E-state index in [9.17, 15) is 24.6 Å². The first kappa shape index (κ1) is 23.6. The Balaban J connectivity index is 1.67. The number of anilines is 1. The predicted molar refractivity (Wildman–Crippen MR) is 121 cm³/mol. The summed E-state index contributed by atoms with van der Waals surface area (Å²) in [7, 11) is 0. The molecule has 2 amide bonds. The van der Waals surface area contributed by atoms with Crippen LogP contribution in [0.2, 0.25) is 4.34 Å². The molecule has 1 aromatic carbocycles. The number of carbonyl (C=O) groups is 3. The lowest BCUT2D eigenvalue weighted by molar-refractivity contribution is -0.138. The number of aliphatic hydroxyl groups excluding tert-OH is 1. The molecule has 2 atom stereocenters. The molecule has 0 spiro atoms. The summed E-state index contributed by atoms with van der Waals surface area (Å²) in [6.07, 6.45) is 0.0130. The lowest BCUT2D eigenvalue weighted by atomic mass is 10.1. The molecule has 31 heavy (non-hydrogen) atoms. The van der Waals surface area contributed by atoms with Gasteiger partial charge >= 0.3 is 5.97 Å². The van der Waals surface area contributed by atoms with E-state index >= 15 is 0 Å². The minimum atomic E-state index is -1.11. The first-order chi connectivity index (χ1) is 14.8. The Labute approximate surface area is 192 Å². The highest BCUT2D eigenvalue weighted by atomic mass is 35.5. The number of amides is 2. The summed E-state index contributed by atoms with van der Waals surface area (Å²) in [6.45, 7) is 2.26. The number of thiophene rings is 1. The second-order valence-electron chi connectivity index (χ2n) is 6.83. The Bertz CT molecular complexity index is 983. The van der Waals surface area contributed by atoms with Crippen LogP contribution in [0.3, 0.4) is 0 Å². The van der Waals surface area contributed by atoms with Gasteiger partial charge in [-0.2, -0.15) is 0 Å². The Morgan fingerprint density at radius 2 is 2.13 bits per heavy atom. The number of rotatable bonds is 9. The average Bonchev–Trinajstić information content (AvgIpc) is 3.33. The lowest BCUT2D eigenvalue weighted by Gasteiger charge is -2.22. The van der Waals surface area contributed by atoms with Crippen LogP contribution >= 0.6 is 34.9 Å². The number of benzene rings is 1. The summed E-state index contributed by atoms with van der Waals surface area (Å²) < 4.78 is 3.36. The minimum Gasteiger partial charge on any atom is -0.480 e. The largest absolute Gasteiger partial charge is 0.480 e. The number of halogens is 1. The van der Waals surface area contributed by atoms with Crippen LogP contribution in [0, 0.1) is 0 Å². The highest BCUT2D eigenvalue weighted by molar-refractivity contribution is 7.97. The maximum Gasteiger partial charge on any atom is 0.323 e. The number of nitrogens with one attached hydrogen (secondary N) is 2. The van der Waals surface area contributed by atoms with E-state index in [-0.39, 0.29) is 12.5 Å². The van der Waals surface area contributed by atoms with Gasteiger partial charge in [-0.1, -0.05) is 24.6 Å². The molecule has 0 unspecified atom stereocenters. The Morgan fingerprint density at radius 3 is 2.71 bits per heavy atom. The maximum atomic E-state index is 12.2. The summed E-state index contributed by atoms with van der Waals surface area (Å²) in [5.74, 6) is -1.83. The second kappa shape index (κ2) is 10.5. The molecular weight excluding hydrogens is 462 g/mol. The molecule has 1 saturated heterocycles. The van der Waals surface area contributed by atoms with Gasteiger partial charge in [0.2, 0.25) is 0 Å². The molecule has 0 saturated carbocycles. The van der Waals surface area contributed by atoms with Gasteiger partial charge < -0.3 is 20.4 Å². The number of hydrogen-bond donors (Lipinski definition) is 4. The van der Waals surface area contributed by atoms with Crippen molar-refractivity contribution in [1.82, 2.24) is 10.0 Å². The van der Waals surface area contributed by atoms with Crippen molar-refractivity contribution in [3.8, 4) is 0 Å². The van der Waals surface area contributed by atoms with Crippen molar-refractivity contribution in [2.45, 2.75) is 36.8 Å². The van der Waals surface area contributed by atoms with E-state index in [4.69, 9.17) is 11.6 Å². The van der Waals surface area contributed by atoms with Crippen molar-refractivity contribution in [2.75, 3.05) is 18.0 Å². The number of carboxylic acid groups (broad SMARTS) is 1. The minimum absolute atomic E-state index is 0.116. The molecule has 1 aliphatic heterocycles. The zero-order chi connectivity index (χ0) is 22.5. The van der Waals surface area contributed by atoms with Crippen LogP contribution in [0.15, 0.2) is 35.2 Å². The van der Waals surface area contributed by atoms with Crippen molar-refractivity contribution < 1.29 is 24.6 Å². The van der Waals surface area contributed by atoms with Crippen molar-refractivity contribution in [3.05, 3.63) is 45.1 Å². The fourth-order valence-electron chi connectivity index (χ4n) is 3.19. The van der Waals surface area contributed by atoms with Gasteiger partial charge in [-0.25, -0.2) is 4.72 Å². The Kier molecular flexibility index (Phi) is 7.95. The molecule has 2 aromatic rings. The standard InChI is InChI=1S/C20H22ClN3O5S2/c1-2-11-13(24-9-8-14(25)19(24)27)4-3-5-15(11)31-23-12(20(28)29)10-22-18(26)16-6-7-17(21)30-16/h3-7,12,14,23,25H,2,8-10H2,1H3,(H,22,26)(H,28,29)/t12-,14-/m0/s1. The Hall–Kier alpha value is -2.11. The number of carbonyl (C=O) groups excluding carboxylic acids is 2.